The van der Waals surface area contributed by atoms with Crippen LogP contribution < -0.4 is 5.73 Å². The zero-order valence-corrected chi connectivity index (χ0v) is 10.6. The fourth-order valence-electron chi connectivity index (χ4n) is 2.23. The molecule has 1 fully saturated rings. The normalized spacial score (nSPS) is 17.3. The van der Waals surface area contributed by atoms with E-state index in [1.807, 2.05) is 4.90 Å². The van der Waals surface area contributed by atoms with Crippen LogP contribution in [0.3, 0.4) is 0 Å². The maximum absolute atomic E-state index is 11.9. The van der Waals surface area contributed by atoms with E-state index in [0.29, 0.717) is 12.8 Å². The van der Waals surface area contributed by atoms with E-state index in [9.17, 15) is 9.59 Å². The number of primary amides is 1. The van der Waals surface area contributed by atoms with Crippen molar-refractivity contribution >= 4 is 11.8 Å². The van der Waals surface area contributed by atoms with Crippen molar-refractivity contribution in [1.29, 1.82) is 0 Å². The van der Waals surface area contributed by atoms with Crippen LogP contribution in [0.4, 0.5) is 0 Å². The summed E-state index contributed by atoms with van der Waals surface area (Å²) >= 11 is 0. The lowest BCUT2D eigenvalue weighted by Crippen LogP contribution is -2.33. The Labute approximate surface area is 104 Å². The molecular formula is C13H24N2O2. The summed E-state index contributed by atoms with van der Waals surface area (Å²) in [5.41, 5.74) is 5.06. The first kappa shape index (κ1) is 14.0. The number of nitrogens with zero attached hydrogens (tertiary/aromatic N) is 1. The van der Waals surface area contributed by atoms with Crippen molar-refractivity contribution in [3.8, 4) is 0 Å². The number of carbonyl (C=O) groups excluding carboxylic acids is 2. The molecule has 0 spiro atoms. The highest BCUT2D eigenvalue weighted by Gasteiger charge is 2.14. The average Bonchev–Trinajstić information content (AvgIpc) is 2.23. The van der Waals surface area contributed by atoms with Gasteiger partial charge in [-0.05, 0) is 25.7 Å². The van der Waals surface area contributed by atoms with Crippen molar-refractivity contribution < 1.29 is 9.59 Å². The summed E-state index contributed by atoms with van der Waals surface area (Å²) in [6.45, 7) is 1.82. The van der Waals surface area contributed by atoms with Crippen LogP contribution in [0, 0.1) is 0 Å². The van der Waals surface area contributed by atoms with Gasteiger partial charge in [-0.15, -0.1) is 0 Å². The minimum absolute atomic E-state index is 0.247. The molecule has 1 heterocycles. The maximum atomic E-state index is 11.9. The fraction of sp³-hybridized carbons (Fsp3) is 0.846. The zero-order valence-electron chi connectivity index (χ0n) is 10.6. The van der Waals surface area contributed by atoms with Crippen LogP contribution in [0.15, 0.2) is 0 Å². The van der Waals surface area contributed by atoms with Crippen molar-refractivity contribution in [2.75, 3.05) is 13.1 Å². The molecule has 0 aromatic heterocycles. The van der Waals surface area contributed by atoms with E-state index in [1.54, 1.807) is 0 Å². The number of nitrogens with two attached hydrogens (primary N) is 1. The fourth-order valence-corrected chi connectivity index (χ4v) is 2.23. The summed E-state index contributed by atoms with van der Waals surface area (Å²) in [6.07, 6.45) is 8.52. The Balaban J connectivity index is 2.18. The largest absolute Gasteiger partial charge is 0.370 e. The van der Waals surface area contributed by atoms with E-state index < -0.39 is 0 Å². The molecule has 0 aromatic rings. The molecule has 4 heteroatoms. The lowest BCUT2D eigenvalue weighted by Gasteiger charge is -2.24. The highest BCUT2D eigenvalue weighted by molar-refractivity contribution is 5.76. The molecule has 1 aliphatic heterocycles. The van der Waals surface area contributed by atoms with E-state index in [4.69, 9.17) is 5.73 Å². The standard InChI is InChI=1S/C13H24N2O2/c14-12(16)8-4-5-9-13(17)15-10-6-2-1-3-7-11-15/h1-11H2,(H2,14,16). The zero-order chi connectivity index (χ0) is 12.5. The van der Waals surface area contributed by atoms with Crippen molar-refractivity contribution in [3.63, 3.8) is 0 Å². The van der Waals surface area contributed by atoms with Crippen molar-refractivity contribution in [1.82, 2.24) is 4.90 Å². The number of hydrogen-bond acceptors (Lipinski definition) is 2. The Hall–Kier alpha value is -1.06. The molecular weight excluding hydrogens is 216 g/mol. The summed E-state index contributed by atoms with van der Waals surface area (Å²) in [6, 6.07) is 0. The highest BCUT2D eigenvalue weighted by atomic mass is 16.2. The van der Waals surface area contributed by atoms with Crippen LogP contribution in [-0.2, 0) is 9.59 Å². The van der Waals surface area contributed by atoms with Crippen molar-refractivity contribution in [2.24, 2.45) is 5.73 Å². The Morgan fingerprint density at radius 3 is 2.00 bits per heavy atom. The summed E-state index contributed by atoms with van der Waals surface area (Å²) in [5, 5.41) is 0. The van der Waals surface area contributed by atoms with Gasteiger partial charge < -0.3 is 10.6 Å². The Morgan fingerprint density at radius 1 is 0.882 bits per heavy atom. The summed E-state index contributed by atoms with van der Waals surface area (Å²) in [7, 11) is 0. The number of rotatable bonds is 5. The molecule has 2 amide bonds. The van der Waals surface area contributed by atoms with Gasteiger partial charge in [-0.2, -0.15) is 0 Å². The molecule has 0 aliphatic carbocycles. The molecule has 0 saturated carbocycles. The van der Waals surface area contributed by atoms with Crippen molar-refractivity contribution in [3.05, 3.63) is 0 Å². The number of carbonyl (C=O) groups is 2. The van der Waals surface area contributed by atoms with E-state index in [-0.39, 0.29) is 11.8 Å². The Kier molecular flexibility index (Phi) is 6.67. The minimum Gasteiger partial charge on any atom is -0.370 e. The first-order chi connectivity index (χ1) is 8.20. The second-order valence-electron chi connectivity index (χ2n) is 4.82. The SMILES string of the molecule is NC(=O)CCCCC(=O)N1CCCCCCC1. The molecule has 0 bridgehead atoms. The number of likely N-dealkylation sites (tertiary alicyclic amines) is 1. The summed E-state index contributed by atoms with van der Waals surface area (Å²) in [5.74, 6) is -0.0277. The Morgan fingerprint density at radius 2 is 1.41 bits per heavy atom. The Bertz CT molecular complexity index is 246. The van der Waals surface area contributed by atoms with Gasteiger partial charge in [0, 0.05) is 25.9 Å². The number of unbranched alkanes of at least 4 members (excludes halogenated alkanes) is 1. The number of amides is 2. The average molecular weight is 240 g/mol. The lowest BCUT2D eigenvalue weighted by atomic mass is 10.1. The van der Waals surface area contributed by atoms with Gasteiger partial charge in [0.15, 0.2) is 0 Å². The topological polar surface area (TPSA) is 63.4 Å². The molecule has 1 aliphatic rings. The predicted molar refractivity (Wildman–Crippen MR) is 67.3 cm³/mol. The van der Waals surface area contributed by atoms with Gasteiger partial charge in [-0.3, -0.25) is 9.59 Å². The predicted octanol–water partition coefficient (Wildman–Crippen LogP) is 1.82. The van der Waals surface area contributed by atoms with Crippen molar-refractivity contribution in [2.45, 2.75) is 57.8 Å². The second kappa shape index (κ2) is 8.09. The van der Waals surface area contributed by atoms with Crippen LogP contribution in [0.5, 0.6) is 0 Å². The highest BCUT2D eigenvalue weighted by Crippen LogP contribution is 2.12. The molecule has 2 N–H and O–H groups in total. The third-order valence-corrected chi connectivity index (χ3v) is 3.27. The lowest BCUT2D eigenvalue weighted by molar-refractivity contribution is -0.131. The van der Waals surface area contributed by atoms with Gasteiger partial charge in [0.1, 0.15) is 0 Å². The van der Waals surface area contributed by atoms with E-state index >= 15 is 0 Å². The molecule has 17 heavy (non-hydrogen) atoms. The second-order valence-corrected chi connectivity index (χ2v) is 4.82. The smallest absolute Gasteiger partial charge is 0.222 e. The van der Waals surface area contributed by atoms with Crippen LogP contribution in [0.25, 0.3) is 0 Å². The summed E-state index contributed by atoms with van der Waals surface area (Å²) < 4.78 is 0. The third-order valence-electron chi connectivity index (χ3n) is 3.27. The molecule has 0 atom stereocenters. The van der Waals surface area contributed by atoms with E-state index in [2.05, 4.69) is 0 Å². The molecule has 1 saturated heterocycles. The van der Waals surface area contributed by atoms with E-state index in [1.165, 1.54) is 19.3 Å². The maximum Gasteiger partial charge on any atom is 0.222 e. The van der Waals surface area contributed by atoms with Gasteiger partial charge in [-0.1, -0.05) is 19.3 Å². The van der Waals surface area contributed by atoms with Gasteiger partial charge >= 0.3 is 0 Å². The number of hydrogen-bond donors (Lipinski definition) is 1. The van der Waals surface area contributed by atoms with Crippen LogP contribution in [-0.4, -0.2) is 29.8 Å². The first-order valence-corrected chi connectivity index (χ1v) is 6.76. The first-order valence-electron chi connectivity index (χ1n) is 6.76. The van der Waals surface area contributed by atoms with Gasteiger partial charge in [-0.25, -0.2) is 0 Å². The monoisotopic (exact) mass is 240 g/mol. The minimum atomic E-state index is -0.274. The molecule has 0 aromatic carbocycles. The van der Waals surface area contributed by atoms with E-state index in [0.717, 1.165) is 38.8 Å². The van der Waals surface area contributed by atoms with Crippen LogP contribution in [0.1, 0.15) is 57.8 Å². The quantitative estimate of drug-likeness (QED) is 0.745. The van der Waals surface area contributed by atoms with Gasteiger partial charge in [0.2, 0.25) is 11.8 Å². The molecule has 0 unspecified atom stereocenters. The molecule has 98 valence electrons. The van der Waals surface area contributed by atoms with Gasteiger partial charge in [0.05, 0.1) is 0 Å². The molecule has 1 rings (SSSR count). The summed E-state index contributed by atoms with van der Waals surface area (Å²) in [4.78, 5) is 24.5. The molecule has 0 radical (unpaired) electrons. The third kappa shape index (κ3) is 6.29. The van der Waals surface area contributed by atoms with Crippen LogP contribution >= 0.6 is 0 Å². The van der Waals surface area contributed by atoms with Gasteiger partial charge in [0.25, 0.3) is 0 Å². The van der Waals surface area contributed by atoms with Crippen LogP contribution in [0.2, 0.25) is 0 Å². The molecule has 4 nitrogen and oxygen atoms in total.